The van der Waals surface area contributed by atoms with Crippen molar-refractivity contribution in [2.45, 2.75) is 161 Å². The van der Waals surface area contributed by atoms with Crippen molar-refractivity contribution in [1.82, 2.24) is 15.0 Å². The zero-order valence-electron chi connectivity index (χ0n) is 38.9. The molecule has 2 aliphatic rings. The fourth-order valence-corrected chi connectivity index (χ4v) is 11.9. The van der Waals surface area contributed by atoms with Gasteiger partial charge in [-0.2, -0.15) is 15.0 Å². The van der Waals surface area contributed by atoms with E-state index < -0.39 is 11.6 Å². The lowest BCUT2D eigenvalue weighted by atomic mass is 9.95. The zero-order valence-corrected chi connectivity index (χ0v) is 41.4. The van der Waals surface area contributed by atoms with Crippen LogP contribution >= 0.6 is 34.4 Å². The molecule has 336 valence electrons. The zero-order chi connectivity index (χ0) is 44.7. The quantitative estimate of drug-likeness (QED) is 0.0773. The van der Waals surface area contributed by atoms with E-state index in [-0.39, 0.29) is 33.2 Å². The molecule has 1 aliphatic carbocycles. The van der Waals surface area contributed by atoms with Crippen LogP contribution in [0.15, 0.2) is 83.3 Å². The number of aryl methyl sites for hydroxylation is 1. The molecule has 0 bridgehead atoms. The number of allylic oxidation sites excluding steroid dienone is 4. The van der Waals surface area contributed by atoms with Gasteiger partial charge in [0.15, 0.2) is 11.6 Å². The number of fused-ring (bicyclic) bond motifs is 3. The molecule has 2 unspecified atom stereocenters. The van der Waals surface area contributed by atoms with Gasteiger partial charge in [-0.15, -0.1) is 34.4 Å². The summed E-state index contributed by atoms with van der Waals surface area (Å²) in [6.45, 7) is 19.3. The molecule has 63 heavy (non-hydrogen) atoms. The number of anilines is 1. The van der Waals surface area contributed by atoms with E-state index in [1.807, 2.05) is 36.0 Å². The summed E-state index contributed by atoms with van der Waals surface area (Å²) in [5, 5.41) is 10.0. The van der Waals surface area contributed by atoms with E-state index in [0.29, 0.717) is 27.3 Å². The van der Waals surface area contributed by atoms with Crippen LogP contribution in [0.4, 0.5) is 14.5 Å². The first-order valence-corrected chi connectivity index (χ1v) is 26.1. The molecule has 0 amide bonds. The van der Waals surface area contributed by atoms with Gasteiger partial charge >= 0.3 is 0 Å². The summed E-state index contributed by atoms with van der Waals surface area (Å²) in [4.78, 5) is 9.03. The van der Waals surface area contributed by atoms with Gasteiger partial charge in [-0.25, -0.2) is 8.78 Å². The Balaban J connectivity index is 1.15. The van der Waals surface area contributed by atoms with E-state index in [2.05, 4.69) is 121 Å². The second kappa shape index (κ2) is 21.0. The van der Waals surface area contributed by atoms with Gasteiger partial charge in [0.2, 0.25) is 0 Å². The Morgan fingerprint density at radius 3 is 1.94 bits per heavy atom. The molecule has 4 heterocycles. The monoisotopic (exact) mass is 906 g/mol. The van der Waals surface area contributed by atoms with Gasteiger partial charge in [-0.1, -0.05) is 162 Å². The Morgan fingerprint density at radius 2 is 1.30 bits per heavy atom. The number of hydrogen-bond donors (Lipinski definition) is 0. The van der Waals surface area contributed by atoms with Crippen molar-refractivity contribution < 1.29 is 8.78 Å². The molecule has 2 aromatic carbocycles. The van der Waals surface area contributed by atoms with Crippen molar-refractivity contribution >= 4 is 63.3 Å². The highest BCUT2D eigenvalue weighted by Gasteiger charge is 2.34. The smallest absolute Gasteiger partial charge is 0.170 e. The highest BCUT2D eigenvalue weighted by Crippen LogP contribution is 2.47. The lowest BCUT2D eigenvalue weighted by Crippen LogP contribution is -2.45. The molecule has 4 nitrogen and oxygen atoms in total. The van der Waals surface area contributed by atoms with Gasteiger partial charge < -0.3 is 4.90 Å². The first-order valence-electron chi connectivity index (χ1n) is 23.6. The van der Waals surface area contributed by atoms with Gasteiger partial charge in [0, 0.05) is 30.9 Å². The minimum Gasteiger partial charge on any atom is -0.363 e. The molecule has 3 aromatic heterocycles. The van der Waals surface area contributed by atoms with Gasteiger partial charge in [-0.3, -0.25) is 0 Å². The van der Waals surface area contributed by atoms with Gasteiger partial charge in [0.1, 0.15) is 11.0 Å². The maximum Gasteiger partial charge on any atom is 0.170 e. The Bertz CT molecular complexity index is 2450. The third-order valence-corrected chi connectivity index (χ3v) is 15.9. The predicted octanol–water partition coefficient (Wildman–Crippen LogP) is 17.1. The number of rotatable bonds is 19. The second-order valence-corrected chi connectivity index (χ2v) is 23.0. The topological polar surface area (TPSA) is 34.0 Å². The van der Waals surface area contributed by atoms with Crippen LogP contribution in [-0.2, 0) is 12.0 Å². The van der Waals surface area contributed by atoms with Crippen LogP contribution in [0.25, 0.3) is 44.1 Å². The van der Waals surface area contributed by atoms with E-state index in [9.17, 15) is 0 Å². The van der Waals surface area contributed by atoms with Gasteiger partial charge in [0.25, 0.3) is 0 Å². The normalized spacial score (nSPS) is 16.8. The molecule has 1 aliphatic heterocycles. The fourth-order valence-electron chi connectivity index (χ4n) is 8.44. The highest BCUT2D eigenvalue weighted by molar-refractivity contribution is 8.00. The van der Waals surface area contributed by atoms with Gasteiger partial charge in [0.05, 0.1) is 34.7 Å². The maximum atomic E-state index is 16.6. The van der Waals surface area contributed by atoms with Crippen molar-refractivity contribution in [3.63, 3.8) is 0 Å². The third kappa shape index (κ3) is 11.7. The van der Waals surface area contributed by atoms with Crippen LogP contribution in [0.1, 0.15) is 148 Å². The van der Waals surface area contributed by atoms with E-state index in [1.165, 1.54) is 103 Å². The van der Waals surface area contributed by atoms with E-state index >= 15 is 8.78 Å². The van der Waals surface area contributed by atoms with Crippen LogP contribution in [0.3, 0.4) is 0 Å². The molecule has 5 aromatic rings. The summed E-state index contributed by atoms with van der Waals surface area (Å²) in [5.74, 6) is -1.73. The lowest BCUT2D eigenvalue weighted by Gasteiger charge is -2.42. The van der Waals surface area contributed by atoms with Crippen molar-refractivity contribution in [2.24, 2.45) is 5.41 Å². The third-order valence-electron chi connectivity index (χ3n) is 12.0. The number of unbranched alkanes of at least 4 members (excludes halogenated alkanes) is 10. The number of hydrogen-bond acceptors (Lipinski definition) is 6. The number of aromatic nitrogens is 3. The van der Waals surface area contributed by atoms with E-state index in [1.54, 1.807) is 4.80 Å². The summed E-state index contributed by atoms with van der Waals surface area (Å²) in [5.41, 5.74) is 4.97. The summed E-state index contributed by atoms with van der Waals surface area (Å²) in [7, 11) is 0. The largest absolute Gasteiger partial charge is 0.363 e. The second-order valence-electron chi connectivity index (χ2n) is 19.6. The Kier molecular flexibility index (Phi) is 15.7. The minimum absolute atomic E-state index is 0.111. The average molecular weight is 907 g/mol. The van der Waals surface area contributed by atoms with E-state index in [0.717, 1.165) is 34.7 Å². The molecule has 0 N–H and O–H groups in total. The molecule has 0 spiro atoms. The summed E-state index contributed by atoms with van der Waals surface area (Å²) >= 11 is 4.92. The van der Waals surface area contributed by atoms with Crippen LogP contribution < -0.4 is 4.90 Å². The van der Waals surface area contributed by atoms with Crippen LogP contribution in [0.5, 0.6) is 0 Å². The number of thiophene rings is 2. The first kappa shape index (κ1) is 47.2. The SMILES string of the molecule is CCCCCCCCN1c2ccc(/C=C/C(C)(C)C)cc2SC2C=C(/C=C/c3ccc(-c4c(F)c(F)c(-c5ccc(C(C)(C)C)s5)c5nn(CCCCCCCC)nc45)s3)C=CC21. The molecule has 0 fully saturated rings. The lowest BCUT2D eigenvalue weighted by molar-refractivity contribution is 0.488. The summed E-state index contributed by atoms with van der Waals surface area (Å²) in [6, 6.07) is 15.1. The number of halogens is 2. The molecule has 0 radical (unpaired) electrons. The molecule has 0 saturated carbocycles. The Labute approximate surface area is 388 Å². The van der Waals surface area contributed by atoms with Crippen molar-refractivity contribution in [1.29, 1.82) is 0 Å². The number of benzene rings is 2. The first-order chi connectivity index (χ1) is 30.2. The summed E-state index contributed by atoms with van der Waals surface area (Å²) in [6.07, 6.45) is 30.3. The molecule has 0 saturated heterocycles. The fraction of sp³-hybridized carbons (Fsp3) is 0.481. The molecular formula is C54H68F2N4S3. The predicted molar refractivity (Wildman–Crippen MR) is 271 cm³/mol. The molecule has 2 atom stereocenters. The molecule has 9 heteroatoms. The van der Waals surface area contributed by atoms with Crippen molar-refractivity contribution in [2.75, 3.05) is 11.4 Å². The Morgan fingerprint density at radius 1 is 0.683 bits per heavy atom. The Hall–Kier alpha value is -3.79. The van der Waals surface area contributed by atoms with Crippen molar-refractivity contribution in [3.8, 4) is 20.9 Å². The number of thioether (sulfide) groups is 1. The van der Waals surface area contributed by atoms with Crippen LogP contribution in [0.2, 0.25) is 0 Å². The molecular weight excluding hydrogens is 839 g/mol. The van der Waals surface area contributed by atoms with Crippen LogP contribution in [-0.4, -0.2) is 32.8 Å². The van der Waals surface area contributed by atoms with Crippen molar-refractivity contribution in [3.05, 3.63) is 105 Å². The number of nitrogens with zero attached hydrogens (tertiary/aromatic N) is 4. The standard InChI is InChI=1S/C54H68F2N4S3/c1-9-11-13-15-17-19-33-59-40-26-22-37(35-44(40)62-45-36-38(23-27-41(45)59)31-32-53(3,4)5)21-24-39-25-28-42(61-39)47-49(55)50(56)48(43-29-30-46(63-43)54(6,7)8)52-51(47)57-60(58-52)34-20-18-16-14-12-10-2/h21-32,35-36,40,44H,9-20,33-34H2,1-8H3/b24-21+,32-31+. The average Bonchev–Trinajstić information content (AvgIpc) is 4.03. The van der Waals surface area contributed by atoms with Crippen LogP contribution in [0, 0.1) is 17.0 Å². The maximum absolute atomic E-state index is 16.6. The highest BCUT2D eigenvalue weighted by atomic mass is 32.2. The minimum atomic E-state index is -0.867. The van der Waals surface area contributed by atoms with E-state index in [4.69, 9.17) is 10.2 Å². The van der Waals surface area contributed by atoms with Gasteiger partial charge in [-0.05, 0) is 77.3 Å². The molecule has 7 rings (SSSR count). The summed E-state index contributed by atoms with van der Waals surface area (Å²) < 4.78 is 33.1.